The van der Waals surface area contributed by atoms with Crippen molar-refractivity contribution in [1.82, 2.24) is 24.5 Å². The number of aryl methyl sites for hydroxylation is 1. The van der Waals surface area contributed by atoms with Crippen molar-refractivity contribution in [2.45, 2.75) is 56.7 Å². The number of nitrogens with zero attached hydrogens (tertiary/aromatic N) is 4. The summed E-state index contributed by atoms with van der Waals surface area (Å²) in [6.45, 7) is -2.41. The molecule has 2 heterocycles. The Bertz CT molecular complexity index is 3170. The molecule has 0 bridgehead atoms. The Balaban J connectivity index is 0.000000389. The minimum atomic E-state index is -4.71. The molecular formula is C42H40BrCl3F8N7O16PS. The third-order valence-corrected chi connectivity index (χ3v) is 12.9. The van der Waals surface area contributed by atoms with Crippen LogP contribution < -0.4 is 30.0 Å². The van der Waals surface area contributed by atoms with E-state index in [0.29, 0.717) is 10.7 Å². The van der Waals surface area contributed by atoms with Crippen molar-refractivity contribution in [3.63, 3.8) is 0 Å². The molecule has 79 heavy (non-hydrogen) atoms. The topological polar surface area (TPSA) is 348 Å². The quantitative estimate of drug-likeness (QED) is 0.0259. The van der Waals surface area contributed by atoms with E-state index in [0.717, 1.165) is 31.3 Å². The molecule has 5 aromatic rings. The van der Waals surface area contributed by atoms with E-state index in [1.54, 1.807) is 19.2 Å². The van der Waals surface area contributed by atoms with Crippen LogP contribution >= 0.6 is 58.1 Å². The highest BCUT2D eigenvalue weighted by Crippen LogP contribution is 2.41. The number of carboxylic acid groups (broad SMARTS) is 3. The van der Waals surface area contributed by atoms with Gasteiger partial charge in [0.1, 0.15) is 28.0 Å². The Morgan fingerprint density at radius 2 is 1.42 bits per heavy atom. The fourth-order valence-electron chi connectivity index (χ4n) is 5.52. The number of esters is 1. The lowest BCUT2D eigenvalue weighted by Crippen LogP contribution is -2.35. The third kappa shape index (κ3) is 21.5. The molecule has 37 heteroatoms. The van der Waals surface area contributed by atoms with Crippen LogP contribution in [0.3, 0.4) is 0 Å². The number of hydrogen-bond acceptors (Lipinski definition) is 16. The van der Waals surface area contributed by atoms with Gasteiger partial charge in [-0.3, -0.25) is 19.4 Å². The van der Waals surface area contributed by atoms with Gasteiger partial charge in [-0.15, -0.1) is 0 Å². The summed E-state index contributed by atoms with van der Waals surface area (Å²) < 4.78 is 157. The number of sulfonamides is 1. The van der Waals surface area contributed by atoms with E-state index in [2.05, 4.69) is 40.5 Å². The SMILES string of the molecule is CC(C)OC(=O)c1cc(-c2nn(C)c(C(F)(F)F)c2Br)c(F)cc1Cl.COc1c(Cl)ccc(Cl)c1C(=O)O.CP(=O)(O)CCC(N)C(=O)O.O=C(Nc1nc(OC(F)F)cc(OC(F)F)n1)NS(=O)(=O)c1ccccc1C(=O)O. The number of rotatable bonds is 17. The van der Waals surface area contributed by atoms with Crippen molar-refractivity contribution in [2.75, 3.05) is 25.3 Å². The molecule has 0 saturated heterocycles. The smallest absolute Gasteiger partial charge is 0.434 e. The number of anilines is 1. The molecule has 5 rings (SSSR count). The van der Waals surface area contributed by atoms with Gasteiger partial charge in [-0.1, -0.05) is 46.9 Å². The maximum atomic E-state index is 14.3. The standard InChI is InChI=1S/C15H12BrClF4N2O2.C14H10F4N4O7S.C8H6Cl2O3.C5H12NO4P/c1-6(2)25-14(24)7-4-8(10(18)5-9(7)17)12-11(16)13(15(19,20)21)23(3)22-12;15-11(16)28-8-5-9(29-12(17)18)20-13(19-8)21-14(25)22-30(26,27)7-4-2-1-3-6(7)10(23)24;1-13-7-5(10)3-2-4(9)6(7)8(11)12;1-11(9,10)3-2-4(6)5(7)8/h4-6H,1-3H3;1-5,11-12H,(H,23,24)(H2,19,20,21,22,25);2-3H,1H3,(H,11,12);4H,2-3,6H2,1H3,(H,7,8)(H,9,10). The van der Waals surface area contributed by atoms with Crippen LogP contribution in [0.2, 0.25) is 15.1 Å². The van der Waals surface area contributed by atoms with Crippen molar-refractivity contribution in [3.8, 4) is 28.8 Å². The maximum Gasteiger partial charge on any atom is 0.434 e. The second-order valence-corrected chi connectivity index (χ2v) is 21.3. The molecule has 0 aliphatic carbocycles. The fraction of sp³-hybridized carbons (Fsp3) is 0.286. The van der Waals surface area contributed by atoms with Gasteiger partial charge in [-0.05, 0) is 72.6 Å². The average Bonchev–Trinajstić information content (AvgIpc) is 3.61. The van der Waals surface area contributed by atoms with Crippen LogP contribution in [0.15, 0.2) is 64.0 Å². The van der Waals surface area contributed by atoms with Gasteiger partial charge in [0.05, 0.1) is 49.9 Å². The van der Waals surface area contributed by atoms with Crippen LogP contribution in [0.4, 0.5) is 45.9 Å². The number of aromatic nitrogens is 4. The number of ether oxygens (including phenoxy) is 4. The average molecular weight is 1300 g/mol. The van der Waals surface area contributed by atoms with Crippen LogP contribution in [0.5, 0.6) is 17.5 Å². The number of nitrogens with two attached hydrogens (primary N) is 1. The number of carbonyl (C=O) groups is 5. The molecule has 0 aliphatic heterocycles. The van der Waals surface area contributed by atoms with Crippen molar-refractivity contribution < 1.29 is 111 Å². The number of hydrogen-bond donors (Lipinski definition) is 7. The zero-order chi connectivity index (χ0) is 60.7. The molecule has 2 unspecified atom stereocenters. The van der Waals surface area contributed by atoms with E-state index < -0.39 is 123 Å². The minimum absolute atomic E-state index is 0.0412. The van der Waals surface area contributed by atoms with Crippen molar-refractivity contribution >= 4 is 104 Å². The van der Waals surface area contributed by atoms with Gasteiger partial charge in [0, 0.05) is 25.4 Å². The number of carbonyl (C=O) groups excluding carboxylic acids is 2. The summed E-state index contributed by atoms with van der Waals surface area (Å²) >= 11 is 20.0. The van der Waals surface area contributed by atoms with Gasteiger partial charge in [0.25, 0.3) is 10.0 Å². The molecule has 2 aromatic heterocycles. The summed E-state index contributed by atoms with van der Waals surface area (Å²) in [5, 5.41) is 31.6. The van der Waals surface area contributed by atoms with Gasteiger partial charge >= 0.3 is 49.3 Å². The maximum absolute atomic E-state index is 14.3. The van der Waals surface area contributed by atoms with Crippen LogP contribution in [0.1, 0.15) is 57.0 Å². The first-order valence-electron chi connectivity index (χ1n) is 20.8. The molecule has 3 aromatic carbocycles. The molecule has 2 atom stereocenters. The summed E-state index contributed by atoms with van der Waals surface area (Å²) in [5.74, 6) is -8.41. The monoisotopic (exact) mass is 1300 g/mol. The summed E-state index contributed by atoms with van der Waals surface area (Å²) in [6, 6.07) is 6.95. The van der Waals surface area contributed by atoms with E-state index in [9.17, 15) is 72.1 Å². The molecule has 0 spiro atoms. The Kier molecular flexibility index (Phi) is 25.6. The van der Waals surface area contributed by atoms with Gasteiger partial charge in [-0.2, -0.15) is 45.8 Å². The Morgan fingerprint density at radius 3 is 1.86 bits per heavy atom. The van der Waals surface area contributed by atoms with Crippen molar-refractivity contribution in [2.24, 2.45) is 12.8 Å². The van der Waals surface area contributed by atoms with E-state index in [1.165, 1.54) is 42.8 Å². The lowest BCUT2D eigenvalue weighted by molar-refractivity contribution is -0.144. The van der Waals surface area contributed by atoms with Gasteiger partial charge in [-0.25, -0.2) is 36.7 Å². The highest BCUT2D eigenvalue weighted by atomic mass is 79.9. The summed E-state index contributed by atoms with van der Waals surface area (Å²) in [6.07, 6.45) is -5.14. The largest absolute Gasteiger partial charge is 0.494 e. The molecule has 23 nitrogen and oxygen atoms in total. The lowest BCUT2D eigenvalue weighted by Gasteiger charge is -2.11. The van der Waals surface area contributed by atoms with Crippen LogP contribution in [0.25, 0.3) is 11.3 Å². The van der Waals surface area contributed by atoms with E-state index >= 15 is 0 Å². The van der Waals surface area contributed by atoms with Crippen LogP contribution in [-0.4, -0.2) is 124 Å². The number of benzene rings is 3. The Labute approximate surface area is 463 Å². The number of aromatic carboxylic acids is 2. The number of alkyl halides is 7. The van der Waals surface area contributed by atoms with Crippen LogP contribution in [-0.2, 0) is 37.3 Å². The van der Waals surface area contributed by atoms with Crippen molar-refractivity contribution in [1.29, 1.82) is 0 Å². The number of aliphatic carboxylic acids is 1. The normalized spacial score (nSPS) is 12.3. The minimum Gasteiger partial charge on any atom is -0.494 e. The molecule has 0 saturated carbocycles. The zero-order valence-electron chi connectivity index (χ0n) is 40.4. The molecule has 434 valence electrons. The van der Waals surface area contributed by atoms with Crippen LogP contribution in [0, 0.1) is 5.82 Å². The number of carboxylic acids is 3. The number of halogens is 12. The summed E-state index contributed by atoms with van der Waals surface area (Å²) in [7, 11) is -5.40. The number of amides is 2. The Hall–Kier alpha value is -6.61. The number of methoxy groups -OCH3 is 1. The van der Waals surface area contributed by atoms with Gasteiger partial charge < -0.3 is 44.9 Å². The molecule has 0 fully saturated rings. The van der Waals surface area contributed by atoms with E-state index in [1.807, 2.05) is 0 Å². The summed E-state index contributed by atoms with van der Waals surface area (Å²) in [5.41, 5.74) is 2.47. The van der Waals surface area contributed by atoms with Gasteiger partial charge in [0.2, 0.25) is 17.7 Å². The highest BCUT2D eigenvalue weighted by Gasteiger charge is 2.39. The van der Waals surface area contributed by atoms with E-state index in [-0.39, 0.29) is 55.8 Å². The van der Waals surface area contributed by atoms with Gasteiger partial charge in [0.15, 0.2) is 18.8 Å². The molecule has 0 aliphatic rings. The number of urea groups is 1. The molecular weight excluding hydrogens is 1260 g/mol. The first-order chi connectivity index (χ1) is 36.3. The zero-order valence-corrected chi connectivity index (χ0v) is 45.9. The molecule has 2 amide bonds. The first-order valence-corrected chi connectivity index (χ1v) is 26.5. The lowest BCUT2D eigenvalue weighted by atomic mass is 10.1. The summed E-state index contributed by atoms with van der Waals surface area (Å²) in [4.78, 5) is 70.5. The second kappa shape index (κ2) is 29.6. The third-order valence-electron chi connectivity index (χ3n) is 8.74. The predicted molar refractivity (Wildman–Crippen MR) is 266 cm³/mol. The Morgan fingerprint density at radius 1 is 0.873 bits per heavy atom. The fourth-order valence-corrected chi connectivity index (χ4v) is 8.85. The molecule has 8 N–H and O–H groups in total. The first kappa shape index (κ1) is 68.5. The second-order valence-electron chi connectivity index (χ2n) is 15.1. The van der Waals surface area contributed by atoms with E-state index in [4.69, 9.17) is 70.2 Å². The highest BCUT2D eigenvalue weighted by molar-refractivity contribution is 9.10. The predicted octanol–water partition coefficient (Wildman–Crippen LogP) is 9.50. The number of nitrogens with one attached hydrogen (secondary N) is 2. The van der Waals surface area contributed by atoms with Crippen molar-refractivity contribution in [3.05, 3.63) is 102 Å². The molecule has 0 radical (unpaired) electrons.